The minimum Gasteiger partial charge on any atom is -0.497 e. The molecule has 5 rings (SSSR count). The molecule has 0 bridgehead atoms. The van der Waals surface area contributed by atoms with Crippen LogP contribution in [0.4, 0.5) is 29.7 Å². The van der Waals surface area contributed by atoms with E-state index in [1.807, 2.05) is 0 Å². The van der Waals surface area contributed by atoms with Gasteiger partial charge in [0.15, 0.2) is 5.82 Å². The van der Waals surface area contributed by atoms with Crippen LogP contribution in [-0.2, 0) is 9.53 Å². The number of ether oxygens (including phenoxy) is 3. The highest BCUT2D eigenvalue weighted by Gasteiger charge is 2.35. The first kappa shape index (κ1) is 37.3. The van der Waals surface area contributed by atoms with Crippen LogP contribution in [0.15, 0.2) is 65.5 Å². The van der Waals surface area contributed by atoms with Crippen LogP contribution in [0.1, 0.15) is 28.6 Å². The van der Waals surface area contributed by atoms with Gasteiger partial charge in [-0.3, -0.25) is 14.5 Å². The molecule has 3 aromatic carbocycles. The molecule has 0 saturated carbocycles. The molecular weight excluding hydrogens is 684 g/mol. The number of rotatable bonds is 10. The molecule has 1 fully saturated rings. The number of aliphatic hydroxyl groups excluding tert-OH is 1. The third kappa shape index (κ3) is 7.83. The molecule has 1 saturated heterocycles. The van der Waals surface area contributed by atoms with Crippen LogP contribution in [0.2, 0.25) is 0 Å². The van der Waals surface area contributed by atoms with Crippen molar-refractivity contribution in [1.29, 1.82) is 0 Å². The number of amides is 4. The molecule has 0 aliphatic carbocycles. The van der Waals surface area contributed by atoms with Crippen molar-refractivity contribution in [3.05, 3.63) is 88.5 Å². The number of carbonyl (C=O) groups excluding carboxylic acids is 3. The number of aromatic nitrogens is 2. The van der Waals surface area contributed by atoms with Crippen LogP contribution in [0, 0.1) is 11.6 Å². The lowest BCUT2D eigenvalue weighted by Gasteiger charge is -2.40. The van der Waals surface area contributed by atoms with Gasteiger partial charge in [-0.2, -0.15) is 0 Å². The number of urea groups is 1. The normalized spacial score (nSPS) is 14.6. The molecule has 52 heavy (non-hydrogen) atoms. The van der Waals surface area contributed by atoms with Crippen LogP contribution >= 0.6 is 0 Å². The Morgan fingerprint density at radius 3 is 2.21 bits per heavy atom. The van der Waals surface area contributed by atoms with E-state index in [1.54, 1.807) is 30.1 Å². The van der Waals surface area contributed by atoms with Crippen LogP contribution in [0.3, 0.4) is 0 Å². The molecule has 2 heterocycles. The van der Waals surface area contributed by atoms with E-state index >= 15 is 0 Å². The summed E-state index contributed by atoms with van der Waals surface area (Å²) in [5, 5.41) is 17.1. The summed E-state index contributed by atoms with van der Waals surface area (Å²) in [6.07, 6.45) is -2.12. The summed E-state index contributed by atoms with van der Waals surface area (Å²) in [6.45, 7) is 3.34. The largest absolute Gasteiger partial charge is 0.497 e. The lowest BCUT2D eigenvalue weighted by molar-refractivity contribution is -0.136. The SMILES string of the molecule is COC(=O)N[C@H](C(=O)N1CCN(n2c(C(C)N(C(=O)Nc3ccc(F)cc3)c3ccc(OC)cc3OC)nc3cc(F)ccc3c2=O)CC1)[C@H](C)O.[HH].[HH]. The van der Waals surface area contributed by atoms with Crippen LogP contribution < -0.4 is 35.6 Å². The fourth-order valence-electron chi connectivity index (χ4n) is 5.91. The topological polar surface area (TPSA) is 168 Å². The lowest BCUT2D eigenvalue weighted by atomic mass is 10.1. The minimum absolute atomic E-state index is 0. The smallest absolute Gasteiger partial charge is 0.407 e. The number of hydrogen-bond acceptors (Lipinski definition) is 10. The Morgan fingerprint density at radius 2 is 1.60 bits per heavy atom. The number of alkyl carbamates (subject to hydrolysis) is 1. The predicted molar refractivity (Wildman–Crippen MR) is 192 cm³/mol. The number of methoxy groups -OCH3 is 3. The van der Waals surface area contributed by atoms with Gasteiger partial charge in [0, 0.05) is 33.8 Å². The zero-order chi connectivity index (χ0) is 37.7. The monoisotopic (exact) mass is 727 g/mol. The predicted octanol–water partition coefficient (Wildman–Crippen LogP) is 3.87. The lowest BCUT2D eigenvalue weighted by Crippen LogP contribution is -2.61. The van der Waals surface area contributed by atoms with E-state index in [2.05, 4.69) is 15.4 Å². The summed E-state index contributed by atoms with van der Waals surface area (Å²) in [5.41, 5.74) is 0.0285. The van der Waals surface area contributed by atoms with Gasteiger partial charge < -0.3 is 39.9 Å². The number of anilines is 2. The van der Waals surface area contributed by atoms with E-state index in [0.29, 0.717) is 5.75 Å². The summed E-state index contributed by atoms with van der Waals surface area (Å²) in [4.78, 5) is 61.2. The molecule has 3 atom stereocenters. The Labute approximate surface area is 300 Å². The summed E-state index contributed by atoms with van der Waals surface area (Å²) in [7, 11) is 4.02. The Morgan fingerprint density at radius 1 is 0.923 bits per heavy atom. The Kier molecular flexibility index (Phi) is 11.4. The first-order valence-electron chi connectivity index (χ1n) is 16.2. The van der Waals surface area contributed by atoms with Crippen molar-refractivity contribution in [2.75, 3.05) is 62.7 Å². The maximum atomic E-state index is 14.5. The van der Waals surface area contributed by atoms with Crippen molar-refractivity contribution in [2.24, 2.45) is 0 Å². The number of piperazine rings is 1. The summed E-state index contributed by atoms with van der Waals surface area (Å²) in [5.74, 6) is -0.956. The van der Waals surface area contributed by atoms with Crippen LogP contribution in [0.5, 0.6) is 11.5 Å². The average Bonchev–Trinajstić information content (AvgIpc) is 3.14. The molecule has 280 valence electrons. The van der Waals surface area contributed by atoms with Crippen LogP contribution in [-0.4, -0.2) is 97.4 Å². The number of benzene rings is 3. The van der Waals surface area contributed by atoms with Gasteiger partial charge in [0.25, 0.3) is 5.56 Å². The summed E-state index contributed by atoms with van der Waals surface area (Å²) in [6, 6.07) is 10.5. The molecule has 1 aliphatic heterocycles. The maximum absolute atomic E-state index is 14.5. The van der Waals surface area contributed by atoms with E-state index in [-0.39, 0.29) is 62.9 Å². The number of hydrogen-bond donors (Lipinski definition) is 3. The molecule has 4 aromatic rings. The van der Waals surface area contributed by atoms with Gasteiger partial charge in [0.05, 0.1) is 63.2 Å². The molecule has 0 radical (unpaired) electrons. The Hall–Kier alpha value is -5.97. The van der Waals surface area contributed by atoms with E-state index in [0.717, 1.165) is 19.2 Å². The third-order valence-electron chi connectivity index (χ3n) is 8.61. The third-order valence-corrected chi connectivity index (χ3v) is 8.61. The average molecular weight is 728 g/mol. The second kappa shape index (κ2) is 15.9. The van der Waals surface area contributed by atoms with E-state index in [1.165, 1.54) is 66.0 Å². The highest BCUT2D eigenvalue weighted by atomic mass is 19.1. The van der Waals surface area contributed by atoms with Crippen molar-refractivity contribution in [2.45, 2.75) is 32.0 Å². The minimum atomic E-state index is -1.28. The highest BCUT2D eigenvalue weighted by molar-refractivity contribution is 6.03. The molecule has 17 heteroatoms. The molecule has 1 aliphatic rings. The van der Waals surface area contributed by atoms with Crippen LogP contribution in [0.25, 0.3) is 10.9 Å². The fraction of sp³-hybridized carbons (Fsp3) is 0.343. The second-order valence-electron chi connectivity index (χ2n) is 11.9. The number of nitrogens with one attached hydrogen (secondary N) is 2. The Balaban J connectivity index is 0.00000392. The highest BCUT2D eigenvalue weighted by Crippen LogP contribution is 2.37. The zero-order valence-corrected chi connectivity index (χ0v) is 29.1. The molecule has 15 nitrogen and oxygen atoms in total. The van der Waals surface area contributed by atoms with Gasteiger partial charge in [0.2, 0.25) is 5.91 Å². The van der Waals surface area contributed by atoms with E-state index in [4.69, 9.17) is 14.5 Å². The van der Waals surface area contributed by atoms with E-state index < -0.39 is 53.4 Å². The first-order valence-corrected chi connectivity index (χ1v) is 16.2. The summed E-state index contributed by atoms with van der Waals surface area (Å²) >= 11 is 0. The fourth-order valence-corrected chi connectivity index (χ4v) is 5.91. The second-order valence-corrected chi connectivity index (χ2v) is 11.9. The van der Waals surface area contributed by atoms with Gasteiger partial charge in [-0.1, -0.05) is 0 Å². The number of fused-ring (bicyclic) bond motifs is 1. The van der Waals surface area contributed by atoms with Gasteiger partial charge in [-0.25, -0.2) is 28.0 Å². The number of aliphatic hydroxyl groups is 1. The number of nitrogens with zero attached hydrogens (tertiary/aromatic N) is 5. The Bertz CT molecular complexity index is 2010. The quantitative estimate of drug-likeness (QED) is 0.218. The van der Waals surface area contributed by atoms with Gasteiger partial charge in [0.1, 0.15) is 29.2 Å². The van der Waals surface area contributed by atoms with Crippen molar-refractivity contribution in [3.63, 3.8) is 0 Å². The number of halogens is 2. The van der Waals surface area contributed by atoms with Crippen molar-refractivity contribution in [3.8, 4) is 11.5 Å². The van der Waals surface area contributed by atoms with E-state index in [9.17, 15) is 33.1 Å². The molecular formula is C35H43F2N7O8. The standard InChI is InChI=1S/C35H39F2N7O8.2H2/c1-20(43(28-13-11-25(50-3)19-29(28)51-4)34(48)38-24-9-6-22(36)7-10-24)31-39-27-18-23(37)8-12-26(27)32(46)44(31)42-16-14-41(15-17-42)33(47)30(21(2)45)40-35(49)52-5;;/h6-13,18-21,30,45H,14-17H2,1-5H3,(H,38,48)(H,40,49);2*1H/t20?,21-,30-;;/m0../s1. The molecule has 1 aromatic heterocycles. The van der Waals surface area contributed by atoms with Crippen molar-refractivity contribution in [1.82, 2.24) is 19.9 Å². The van der Waals surface area contributed by atoms with Crippen molar-refractivity contribution >= 4 is 40.3 Å². The maximum Gasteiger partial charge on any atom is 0.407 e. The molecule has 1 unspecified atom stereocenters. The van der Waals surface area contributed by atoms with Gasteiger partial charge in [-0.15, -0.1) is 0 Å². The number of carbonyl (C=O) groups is 3. The molecule has 4 amide bonds. The molecule has 3 N–H and O–H groups in total. The molecule has 0 spiro atoms. The first-order chi connectivity index (χ1) is 24.9. The summed E-state index contributed by atoms with van der Waals surface area (Å²) < 4.78 is 45.1. The van der Waals surface area contributed by atoms with Crippen molar-refractivity contribution < 1.29 is 45.3 Å². The van der Waals surface area contributed by atoms with Gasteiger partial charge >= 0.3 is 12.1 Å². The van der Waals surface area contributed by atoms with Gasteiger partial charge in [-0.05, 0) is 62.4 Å². The zero-order valence-electron chi connectivity index (χ0n) is 29.1.